The lowest BCUT2D eigenvalue weighted by Crippen LogP contribution is -2.04. The third kappa shape index (κ3) is 7.80. The van der Waals surface area contributed by atoms with E-state index >= 15 is 0 Å². The summed E-state index contributed by atoms with van der Waals surface area (Å²) in [5, 5.41) is 0. The lowest BCUT2D eigenvalue weighted by molar-refractivity contribution is 0.103. The third-order valence-corrected chi connectivity index (χ3v) is 5.14. The zero-order valence-electron chi connectivity index (χ0n) is 16.5. The number of ether oxygens (including phenoxy) is 1. The summed E-state index contributed by atoms with van der Waals surface area (Å²) in [6.07, 6.45) is 10.1. The zero-order valence-corrected chi connectivity index (χ0v) is 17.3. The summed E-state index contributed by atoms with van der Waals surface area (Å²) in [6.45, 7) is 2.71. The van der Waals surface area contributed by atoms with Gasteiger partial charge in [0, 0.05) is 11.1 Å². The van der Waals surface area contributed by atoms with Gasteiger partial charge in [-0.3, -0.25) is 4.79 Å². The molecule has 2 aromatic carbocycles. The summed E-state index contributed by atoms with van der Waals surface area (Å²) in [5.41, 5.74) is 2.47. The van der Waals surface area contributed by atoms with Crippen molar-refractivity contribution in [2.75, 3.05) is 12.4 Å². The molecule has 0 atom stereocenters. The molecular formula is C24H32O2S. The monoisotopic (exact) mass is 384 g/mol. The Hall–Kier alpha value is -1.74. The van der Waals surface area contributed by atoms with Gasteiger partial charge in [-0.15, -0.1) is 0 Å². The van der Waals surface area contributed by atoms with E-state index in [0.717, 1.165) is 35.7 Å². The highest BCUT2D eigenvalue weighted by molar-refractivity contribution is 7.80. The fraction of sp³-hybridized carbons (Fsp3) is 0.458. The maximum atomic E-state index is 12.6. The fourth-order valence-electron chi connectivity index (χ4n) is 3.15. The van der Waals surface area contributed by atoms with E-state index in [9.17, 15) is 4.79 Å². The second-order valence-electron chi connectivity index (χ2n) is 7.07. The van der Waals surface area contributed by atoms with E-state index in [0.29, 0.717) is 5.56 Å². The predicted molar refractivity (Wildman–Crippen MR) is 117 cm³/mol. The Morgan fingerprint density at radius 2 is 1.41 bits per heavy atom. The summed E-state index contributed by atoms with van der Waals surface area (Å²) in [5.74, 6) is 1.91. The average molecular weight is 385 g/mol. The molecule has 0 amide bonds. The Bertz CT molecular complexity index is 679. The Morgan fingerprint density at radius 3 is 2.04 bits per heavy atom. The van der Waals surface area contributed by atoms with Gasteiger partial charge >= 0.3 is 0 Å². The van der Waals surface area contributed by atoms with Gasteiger partial charge in [-0.05, 0) is 55.3 Å². The summed E-state index contributed by atoms with van der Waals surface area (Å²) < 4.78 is 5.81. The maximum Gasteiger partial charge on any atom is 0.193 e. The smallest absolute Gasteiger partial charge is 0.193 e. The molecule has 0 heterocycles. The summed E-state index contributed by atoms with van der Waals surface area (Å²) >= 11 is 4.24. The van der Waals surface area contributed by atoms with Gasteiger partial charge in [0.25, 0.3) is 0 Å². The van der Waals surface area contributed by atoms with Crippen molar-refractivity contribution < 1.29 is 9.53 Å². The van der Waals surface area contributed by atoms with Crippen LogP contribution in [0.1, 0.15) is 72.9 Å². The number of aryl methyl sites for hydroxylation is 1. The molecule has 27 heavy (non-hydrogen) atoms. The third-order valence-electron chi connectivity index (χ3n) is 4.83. The molecule has 0 fully saturated rings. The molecule has 2 aromatic rings. The number of hydrogen-bond acceptors (Lipinski definition) is 3. The minimum absolute atomic E-state index is 0.0639. The van der Waals surface area contributed by atoms with Gasteiger partial charge in [0.2, 0.25) is 0 Å². The first kappa shape index (κ1) is 21.6. The Balaban J connectivity index is 1.65. The average Bonchev–Trinajstić information content (AvgIpc) is 2.70. The van der Waals surface area contributed by atoms with E-state index < -0.39 is 0 Å². The van der Waals surface area contributed by atoms with Crippen molar-refractivity contribution in [1.82, 2.24) is 0 Å². The SMILES string of the molecule is Cc1ccccc1C(=O)c1ccc(OCCCCCCCCCCS)cc1. The largest absolute Gasteiger partial charge is 0.494 e. The van der Waals surface area contributed by atoms with E-state index in [4.69, 9.17) is 4.74 Å². The number of thiol groups is 1. The highest BCUT2D eigenvalue weighted by Crippen LogP contribution is 2.18. The lowest BCUT2D eigenvalue weighted by Gasteiger charge is -2.08. The normalized spacial score (nSPS) is 10.7. The Labute approximate surface area is 169 Å². The first-order chi connectivity index (χ1) is 13.2. The van der Waals surface area contributed by atoms with Gasteiger partial charge < -0.3 is 4.74 Å². The van der Waals surface area contributed by atoms with Crippen LogP contribution in [0.5, 0.6) is 5.75 Å². The number of rotatable bonds is 13. The standard InChI is InChI=1S/C24H32O2S/c1-20-12-8-9-13-23(20)24(25)21-14-16-22(17-15-21)26-18-10-6-4-2-3-5-7-11-19-27/h8-9,12-17,27H,2-7,10-11,18-19H2,1H3. The maximum absolute atomic E-state index is 12.6. The van der Waals surface area contributed by atoms with Crippen LogP contribution in [0.25, 0.3) is 0 Å². The first-order valence-corrected chi connectivity index (χ1v) is 10.8. The van der Waals surface area contributed by atoms with Gasteiger partial charge in [0.15, 0.2) is 5.78 Å². The molecule has 0 aliphatic heterocycles. The van der Waals surface area contributed by atoms with Crippen LogP contribution in [0.15, 0.2) is 48.5 Å². The van der Waals surface area contributed by atoms with Crippen molar-refractivity contribution in [3.63, 3.8) is 0 Å². The number of ketones is 1. The van der Waals surface area contributed by atoms with Crippen molar-refractivity contribution in [2.24, 2.45) is 0 Å². The topological polar surface area (TPSA) is 26.3 Å². The molecule has 0 saturated heterocycles. The molecule has 3 heteroatoms. The molecule has 2 rings (SSSR count). The minimum atomic E-state index is 0.0639. The Morgan fingerprint density at radius 1 is 0.815 bits per heavy atom. The minimum Gasteiger partial charge on any atom is -0.494 e. The molecule has 0 N–H and O–H groups in total. The number of hydrogen-bond donors (Lipinski definition) is 1. The second kappa shape index (κ2) is 12.6. The van der Waals surface area contributed by atoms with Crippen LogP contribution in [0.3, 0.4) is 0 Å². The molecule has 0 saturated carbocycles. The number of unbranched alkanes of at least 4 members (excludes halogenated alkanes) is 7. The molecule has 2 nitrogen and oxygen atoms in total. The molecule has 0 aliphatic carbocycles. The van der Waals surface area contributed by atoms with Gasteiger partial charge in [0.05, 0.1) is 6.61 Å². The van der Waals surface area contributed by atoms with Crippen molar-refractivity contribution in [3.05, 3.63) is 65.2 Å². The van der Waals surface area contributed by atoms with Crippen LogP contribution in [-0.2, 0) is 0 Å². The van der Waals surface area contributed by atoms with Gasteiger partial charge in [-0.1, -0.05) is 62.8 Å². The molecule has 0 aliphatic rings. The summed E-state index contributed by atoms with van der Waals surface area (Å²) in [4.78, 5) is 12.6. The predicted octanol–water partition coefficient (Wildman–Crippen LogP) is 6.66. The van der Waals surface area contributed by atoms with E-state index in [-0.39, 0.29) is 5.78 Å². The van der Waals surface area contributed by atoms with Crippen LogP contribution < -0.4 is 4.74 Å². The highest BCUT2D eigenvalue weighted by Gasteiger charge is 2.11. The number of carbonyl (C=O) groups excluding carboxylic acids is 1. The van der Waals surface area contributed by atoms with E-state index in [1.54, 1.807) is 0 Å². The molecule has 0 spiro atoms. The summed E-state index contributed by atoms with van der Waals surface area (Å²) in [7, 11) is 0. The quantitative estimate of drug-likeness (QED) is 0.237. The Kier molecular flexibility index (Phi) is 10.1. The summed E-state index contributed by atoms with van der Waals surface area (Å²) in [6, 6.07) is 15.2. The molecular weight excluding hydrogens is 352 g/mol. The van der Waals surface area contributed by atoms with Crippen LogP contribution in [0, 0.1) is 6.92 Å². The van der Waals surface area contributed by atoms with E-state index in [1.807, 2.05) is 55.5 Å². The van der Waals surface area contributed by atoms with Gasteiger partial charge in [-0.2, -0.15) is 12.6 Å². The highest BCUT2D eigenvalue weighted by atomic mass is 32.1. The van der Waals surface area contributed by atoms with Gasteiger partial charge in [-0.25, -0.2) is 0 Å². The lowest BCUT2D eigenvalue weighted by atomic mass is 9.99. The van der Waals surface area contributed by atoms with Crippen molar-refractivity contribution in [1.29, 1.82) is 0 Å². The van der Waals surface area contributed by atoms with E-state index in [1.165, 1.54) is 44.9 Å². The molecule has 0 aromatic heterocycles. The van der Waals surface area contributed by atoms with E-state index in [2.05, 4.69) is 12.6 Å². The van der Waals surface area contributed by atoms with Gasteiger partial charge in [0.1, 0.15) is 5.75 Å². The van der Waals surface area contributed by atoms with Crippen LogP contribution in [0.4, 0.5) is 0 Å². The first-order valence-electron chi connectivity index (χ1n) is 10.2. The van der Waals surface area contributed by atoms with Crippen molar-refractivity contribution in [3.8, 4) is 5.75 Å². The number of benzene rings is 2. The van der Waals surface area contributed by atoms with Crippen LogP contribution in [0.2, 0.25) is 0 Å². The number of carbonyl (C=O) groups is 1. The second-order valence-corrected chi connectivity index (χ2v) is 7.52. The van der Waals surface area contributed by atoms with Crippen molar-refractivity contribution >= 4 is 18.4 Å². The van der Waals surface area contributed by atoms with Crippen LogP contribution in [-0.4, -0.2) is 18.1 Å². The molecule has 146 valence electrons. The molecule has 0 radical (unpaired) electrons. The molecule has 0 unspecified atom stereocenters. The molecule has 0 bridgehead atoms. The van der Waals surface area contributed by atoms with Crippen molar-refractivity contribution in [2.45, 2.75) is 58.3 Å². The zero-order chi connectivity index (χ0) is 19.3. The fourth-order valence-corrected chi connectivity index (χ4v) is 3.37. The van der Waals surface area contributed by atoms with Crippen LogP contribution >= 0.6 is 12.6 Å².